The maximum atomic E-state index is 5.85. The van der Waals surface area contributed by atoms with Gasteiger partial charge in [-0.2, -0.15) is 0 Å². The van der Waals surface area contributed by atoms with Crippen molar-refractivity contribution in [3.8, 4) is 0 Å². The monoisotopic (exact) mass is 282 g/mol. The molecule has 3 heteroatoms. The summed E-state index contributed by atoms with van der Waals surface area (Å²) in [4.78, 5) is 4.67. The Labute approximate surface area is 85.5 Å². The molecule has 0 aromatic heterocycles. The van der Waals surface area contributed by atoms with Gasteiger partial charge in [0.05, 0.1) is 0 Å². The quantitative estimate of drug-likeness (QED) is 0.428. The molecule has 1 aliphatic heterocycles. The molecule has 0 spiro atoms. The van der Waals surface area contributed by atoms with Crippen LogP contribution in [0.2, 0.25) is 0 Å². The molecule has 12 heavy (non-hydrogen) atoms. The molecule has 1 saturated heterocycles. The van der Waals surface area contributed by atoms with Gasteiger partial charge in [-0.3, -0.25) is 0 Å². The van der Waals surface area contributed by atoms with Crippen molar-refractivity contribution >= 4 is 0 Å². The van der Waals surface area contributed by atoms with Gasteiger partial charge in [0.2, 0.25) is 0 Å². The Morgan fingerprint density at radius 2 is 2.17 bits per heavy atom. The van der Waals surface area contributed by atoms with E-state index in [0.29, 0.717) is 6.10 Å². The van der Waals surface area contributed by atoms with Crippen LogP contribution in [-0.2, 0) is 3.07 Å². The first kappa shape index (κ1) is 9.21. The van der Waals surface area contributed by atoms with Crippen LogP contribution in [-0.4, -0.2) is 36.1 Å². The number of fused-ring (bicyclic) bond motifs is 1. The number of nitrogens with zero attached hydrogens (tertiary/aromatic N) is 1. The first-order chi connectivity index (χ1) is 5.81. The summed E-state index contributed by atoms with van der Waals surface area (Å²) in [6.45, 7) is 2.59. The Balaban J connectivity index is 1.94. The summed E-state index contributed by atoms with van der Waals surface area (Å²) in [5, 5.41) is 0. The summed E-state index contributed by atoms with van der Waals surface area (Å²) >= 11 is 0.0364. The third-order valence-corrected chi connectivity index (χ3v) is 4.34. The van der Waals surface area contributed by atoms with Crippen LogP contribution in [0.15, 0.2) is 0 Å². The minimum atomic E-state index is 0.0364. The zero-order valence-corrected chi connectivity index (χ0v) is 9.95. The molecule has 2 aliphatic rings. The van der Waals surface area contributed by atoms with Gasteiger partial charge in [0.15, 0.2) is 0 Å². The van der Waals surface area contributed by atoms with Crippen LogP contribution in [0.5, 0.6) is 0 Å². The van der Waals surface area contributed by atoms with Crippen molar-refractivity contribution < 1.29 is 24.7 Å². The van der Waals surface area contributed by atoms with Gasteiger partial charge in [0.25, 0.3) is 0 Å². The molecule has 3 atom stereocenters. The van der Waals surface area contributed by atoms with Crippen LogP contribution < -0.4 is 21.6 Å². The van der Waals surface area contributed by atoms with E-state index in [1.807, 2.05) is 0 Å². The fraction of sp³-hybridized carbons (Fsp3) is 1.00. The van der Waals surface area contributed by atoms with Crippen molar-refractivity contribution in [3.63, 3.8) is 0 Å². The molecular formula is C9H17INO-. The summed E-state index contributed by atoms with van der Waals surface area (Å²) in [7, 11) is 2.23. The molecular weight excluding hydrogens is 265 g/mol. The average Bonchev–Trinajstić information content (AvgIpc) is 2.52. The molecule has 0 aromatic carbocycles. The zero-order valence-electron chi connectivity index (χ0n) is 7.79. The van der Waals surface area contributed by atoms with Crippen molar-refractivity contribution in [2.24, 2.45) is 11.8 Å². The van der Waals surface area contributed by atoms with Crippen molar-refractivity contribution in [2.45, 2.75) is 18.9 Å². The first-order valence-corrected chi connectivity index (χ1v) is 7.69. The Morgan fingerprint density at radius 3 is 2.92 bits per heavy atom. The molecule has 0 bridgehead atoms. The number of alkyl halides is 1. The number of likely N-dealkylation sites (tertiary alicyclic amines) is 1. The summed E-state index contributed by atoms with van der Waals surface area (Å²) in [5.41, 5.74) is 0. The molecule has 2 fully saturated rings. The maximum absolute atomic E-state index is 5.85. The average molecular weight is 282 g/mol. The van der Waals surface area contributed by atoms with Gasteiger partial charge in [-0.1, -0.05) is 0 Å². The fourth-order valence-electron chi connectivity index (χ4n) is 2.66. The van der Waals surface area contributed by atoms with E-state index in [4.69, 9.17) is 3.07 Å². The van der Waals surface area contributed by atoms with Gasteiger partial charge >= 0.3 is 85.4 Å². The third kappa shape index (κ3) is 1.63. The normalized spacial score (nSPS) is 42.3. The zero-order chi connectivity index (χ0) is 8.55. The molecule has 1 unspecified atom stereocenters. The predicted octanol–water partition coefficient (Wildman–Crippen LogP) is -2.02. The Bertz CT molecular complexity index is 163. The van der Waals surface area contributed by atoms with Gasteiger partial charge in [0.1, 0.15) is 0 Å². The molecule has 0 aromatic rings. The van der Waals surface area contributed by atoms with E-state index in [0.717, 1.165) is 11.8 Å². The molecule has 2 rings (SSSR count). The molecule has 0 amide bonds. The first-order valence-electron chi connectivity index (χ1n) is 4.65. The Hall–Kier alpha value is 0.650. The Kier molecular flexibility index (Phi) is 2.92. The van der Waals surface area contributed by atoms with Crippen LogP contribution >= 0.6 is 0 Å². The van der Waals surface area contributed by atoms with Gasteiger partial charge in [0, 0.05) is 0 Å². The van der Waals surface area contributed by atoms with E-state index in [1.54, 1.807) is 0 Å². The topological polar surface area (TPSA) is 12.5 Å². The van der Waals surface area contributed by atoms with Crippen LogP contribution in [0.1, 0.15) is 12.8 Å². The van der Waals surface area contributed by atoms with Crippen LogP contribution in [0, 0.1) is 11.8 Å². The second kappa shape index (κ2) is 3.80. The van der Waals surface area contributed by atoms with Gasteiger partial charge < -0.3 is 0 Å². The van der Waals surface area contributed by atoms with E-state index in [2.05, 4.69) is 16.9 Å². The van der Waals surface area contributed by atoms with Gasteiger partial charge in [-0.25, -0.2) is 0 Å². The van der Waals surface area contributed by atoms with Gasteiger partial charge in [-0.15, -0.1) is 0 Å². The van der Waals surface area contributed by atoms with E-state index in [9.17, 15) is 0 Å². The standard InChI is InChI=1S/C9H17INO/c1-10-12-9-4-3-7-5-11(2)6-8(7)9/h7-9H,3-6H2,1-2H3/q-1/t7-,8+,9?/m0/s1. The molecule has 1 heterocycles. The summed E-state index contributed by atoms with van der Waals surface area (Å²) in [5.74, 6) is 1.82. The Morgan fingerprint density at radius 1 is 1.33 bits per heavy atom. The summed E-state index contributed by atoms with van der Waals surface area (Å²) < 4.78 is 5.85. The number of rotatable bonds is 2. The SMILES string of the molecule is C[I-]OC1CC[C@H]2CN(C)C[C@@H]12. The molecule has 2 nitrogen and oxygen atoms in total. The molecule has 72 valence electrons. The predicted molar refractivity (Wildman–Crippen MR) is 44.5 cm³/mol. The second-order valence-corrected chi connectivity index (χ2v) is 5.39. The van der Waals surface area contributed by atoms with E-state index >= 15 is 0 Å². The number of halogens is 1. The van der Waals surface area contributed by atoms with E-state index in [-0.39, 0.29) is 21.6 Å². The van der Waals surface area contributed by atoms with Crippen molar-refractivity contribution in [3.05, 3.63) is 0 Å². The molecule has 0 N–H and O–H groups in total. The molecule has 1 aliphatic carbocycles. The molecule has 1 saturated carbocycles. The number of hydrogen-bond acceptors (Lipinski definition) is 2. The van der Waals surface area contributed by atoms with Crippen molar-refractivity contribution in [1.29, 1.82) is 0 Å². The summed E-state index contributed by atoms with van der Waals surface area (Å²) in [6, 6.07) is 0. The van der Waals surface area contributed by atoms with Gasteiger partial charge in [-0.05, 0) is 0 Å². The van der Waals surface area contributed by atoms with Crippen molar-refractivity contribution in [2.75, 3.05) is 25.1 Å². The van der Waals surface area contributed by atoms with Crippen LogP contribution in [0.4, 0.5) is 0 Å². The van der Waals surface area contributed by atoms with Crippen LogP contribution in [0.25, 0.3) is 0 Å². The van der Waals surface area contributed by atoms with E-state index in [1.165, 1.54) is 25.9 Å². The third-order valence-electron chi connectivity index (χ3n) is 3.18. The minimum absolute atomic E-state index is 0.0364. The summed E-state index contributed by atoms with van der Waals surface area (Å²) in [6.07, 6.45) is 3.36. The molecule has 0 radical (unpaired) electrons. The second-order valence-electron chi connectivity index (χ2n) is 4.00. The number of hydrogen-bond donors (Lipinski definition) is 0. The van der Waals surface area contributed by atoms with Crippen molar-refractivity contribution in [1.82, 2.24) is 4.90 Å². The van der Waals surface area contributed by atoms with Crippen LogP contribution in [0.3, 0.4) is 0 Å². The van der Waals surface area contributed by atoms with E-state index < -0.39 is 0 Å². The fourth-order valence-corrected chi connectivity index (χ4v) is 3.95.